The van der Waals surface area contributed by atoms with Crippen molar-refractivity contribution in [2.75, 3.05) is 11.4 Å². The standard InChI is InChI=1S/C24H26N2O3/c1-15-9-12-20(26-13-5-7-21(26)24(27)28)17(3)19(15)14-29-22-8-4-6-18-11-10-16(2)25-23(18)22/h4,6,8-12,21H,5,7,13-14H2,1-3H3,(H,27,28)/t21-/m0/s1. The molecule has 29 heavy (non-hydrogen) atoms. The van der Waals surface area contributed by atoms with Crippen molar-refractivity contribution in [3.63, 3.8) is 0 Å². The quantitative estimate of drug-likeness (QED) is 0.678. The second-order valence-corrected chi connectivity index (χ2v) is 7.76. The normalized spacial score (nSPS) is 16.4. The molecule has 0 aliphatic carbocycles. The van der Waals surface area contributed by atoms with Gasteiger partial charge in [0.2, 0.25) is 0 Å². The Morgan fingerprint density at radius 3 is 2.79 bits per heavy atom. The Bertz CT molecular complexity index is 1080. The highest BCUT2D eigenvalue weighted by atomic mass is 16.5. The van der Waals surface area contributed by atoms with Crippen LogP contribution < -0.4 is 9.64 Å². The van der Waals surface area contributed by atoms with Crippen molar-refractivity contribution >= 4 is 22.6 Å². The van der Waals surface area contributed by atoms with Crippen LogP contribution in [0.2, 0.25) is 0 Å². The summed E-state index contributed by atoms with van der Waals surface area (Å²) in [5.74, 6) is 0.0115. The van der Waals surface area contributed by atoms with Crippen molar-refractivity contribution in [3.8, 4) is 5.75 Å². The molecule has 1 atom stereocenters. The lowest BCUT2D eigenvalue weighted by Gasteiger charge is -2.27. The Hall–Kier alpha value is -3.08. The number of pyridine rings is 1. The molecule has 1 fully saturated rings. The van der Waals surface area contributed by atoms with Crippen molar-refractivity contribution in [1.29, 1.82) is 0 Å². The summed E-state index contributed by atoms with van der Waals surface area (Å²) in [6.45, 7) is 7.30. The average molecular weight is 390 g/mol. The molecule has 0 unspecified atom stereocenters. The van der Waals surface area contributed by atoms with Gasteiger partial charge in [-0.1, -0.05) is 24.3 Å². The second kappa shape index (κ2) is 7.74. The van der Waals surface area contributed by atoms with Gasteiger partial charge in [-0.25, -0.2) is 9.78 Å². The summed E-state index contributed by atoms with van der Waals surface area (Å²) in [4.78, 5) is 18.3. The third-order valence-electron chi connectivity index (χ3n) is 5.85. The van der Waals surface area contributed by atoms with E-state index in [1.807, 2.05) is 42.2 Å². The van der Waals surface area contributed by atoms with Crippen molar-refractivity contribution in [1.82, 2.24) is 4.98 Å². The first-order valence-electron chi connectivity index (χ1n) is 10.0. The van der Waals surface area contributed by atoms with Crippen LogP contribution in [0.3, 0.4) is 0 Å². The number of aromatic nitrogens is 1. The maximum absolute atomic E-state index is 11.6. The van der Waals surface area contributed by atoms with Crippen molar-refractivity contribution in [2.24, 2.45) is 0 Å². The number of carboxylic acid groups (broad SMARTS) is 1. The molecule has 1 saturated heterocycles. The molecular formula is C24H26N2O3. The summed E-state index contributed by atoms with van der Waals surface area (Å²) >= 11 is 0. The number of aryl methyl sites for hydroxylation is 2. The van der Waals surface area contributed by atoms with Gasteiger partial charge < -0.3 is 14.7 Å². The zero-order valence-electron chi connectivity index (χ0n) is 17.1. The van der Waals surface area contributed by atoms with Crippen LogP contribution in [0.15, 0.2) is 42.5 Å². The molecule has 2 aromatic carbocycles. The first-order valence-corrected chi connectivity index (χ1v) is 10.0. The summed E-state index contributed by atoms with van der Waals surface area (Å²) in [7, 11) is 0. The second-order valence-electron chi connectivity index (χ2n) is 7.76. The average Bonchev–Trinajstić information content (AvgIpc) is 3.18. The smallest absolute Gasteiger partial charge is 0.326 e. The molecule has 5 nitrogen and oxygen atoms in total. The molecule has 1 aliphatic rings. The molecule has 1 aliphatic heterocycles. The minimum absolute atomic E-state index is 0.422. The lowest BCUT2D eigenvalue weighted by Crippen LogP contribution is -2.36. The fourth-order valence-electron chi connectivity index (χ4n) is 4.21. The number of ether oxygens (including phenoxy) is 1. The van der Waals surface area contributed by atoms with Crippen LogP contribution in [-0.2, 0) is 11.4 Å². The molecule has 0 bridgehead atoms. The van der Waals surface area contributed by atoms with Crippen LogP contribution in [0, 0.1) is 20.8 Å². The Morgan fingerprint density at radius 1 is 1.17 bits per heavy atom. The minimum Gasteiger partial charge on any atom is -0.487 e. The van der Waals surface area contributed by atoms with Gasteiger partial charge in [0.25, 0.3) is 0 Å². The monoisotopic (exact) mass is 390 g/mol. The van der Waals surface area contributed by atoms with Crippen LogP contribution in [-0.4, -0.2) is 28.6 Å². The Kier molecular flexibility index (Phi) is 5.14. The lowest BCUT2D eigenvalue weighted by molar-refractivity contribution is -0.138. The van der Waals surface area contributed by atoms with Gasteiger partial charge >= 0.3 is 5.97 Å². The van der Waals surface area contributed by atoms with E-state index in [2.05, 4.69) is 31.0 Å². The zero-order valence-corrected chi connectivity index (χ0v) is 17.1. The highest BCUT2D eigenvalue weighted by molar-refractivity contribution is 5.84. The number of carbonyl (C=O) groups is 1. The van der Waals surface area contributed by atoms with Gasteiger partial charge in [-0.2, -0.15) is 0 Å². The van der Waals surface area contributed by atoms with Crippen molar-refractivity contribution < 1.29 is 14.6 Å². The molecule has 1 N–H and O–H groups in total. The number of anilines is 1. The first kappa shape index (κ1) is 19.2. The van der Waals surface area contributed by atoms with E-state index in [-0.39, 0.29) is 0 Å². The zero-order chi connectivity index (χ0) is 20.5. The molecule has 1 aromatic heterocycles. The third-order valence-corrected chi connectivity index (χ3v) is 5.85. The summed E-state index contributed by atoms with van der Waals surface area (Å²) < 4.78 is 6.22. The van der Waals surface area contributed by atoms with Crippen LogP contribution in [0.1, 0.15) is 35.2 Å². The van der Waals surface area contributed by atoms with Gasteiger partial charge in [0.05, 0.1) is 0 Å². The van der Waals surface area contributed by atoms with E-state index in [9.17, 15) is 9.90 Å². The van der Waals surface area contributed by atoms with Gasteiger partial charge in [-0.05, 0) is 68.5 Å². The number of carboxylic acids is 1. The molecule has 0 radical (unpaired) electrons. The summed E-state index contributed by atoms with van der Waals surface area (Å²) in [6.07, 6.45) is 1.59. The van der Waals surface area contributed by atoms with Gasteiger partial charge in [-0.15, -0.1) is 0 Å². The first-order chi connectivity index (χ1) is 14.0. The molecular weight excluding hydrogens is 364 g/mol. The molecule has 0 amide bonds. The topological polar surface area (TPSA) is 62.7 Å². The molecule has 2 heterocycles. The van der Waals surface area contributed by atoms with E-state index in [0.29, 0.717) is 13.0 Å². The number of rotatable bonds is 5. The Balaban J connectivity index is 1.65. The molecule has 5 heteroatoms. The molecule has 3 aromatic rings. The molecule has 150 valence electrons. The van der Waals surface area contributed by atoms with Crippen LogP contribution >= 0.6 is 0 Å². The molecule has 4 rings (SSSR count). The number of fused-ring (bicyclic) bond motifs is 1. The number of aliphatic carboxylic acids is 1. The van der Waals surface area contributed by atoms with Crippen molar-refractivity contribution in [2.45, 2.75) is 46.3 Å². The number of para-hydroxylation sites is 1. The number of benzene rings is 2. The number of nitrogens with zero attached hydrogens (tertiary/aromatic N) is 2. The van der Waals surface area contributed by atoms with Gasteiger partial charge in [0.1, 0.15) is 23.9 Å². The molecule has 0 spiro atoms. The fraction of sp³-hybridized carbons (Fsp3) is 0.333. The predicted molar refractivity (Wildman–Crippen MR) is 115 cm³/mol. The van der Waals surface area contributed by atoms with Gasteiger partial charge in [0.15, 0.2) is 0 Å². The van der Waals surface area contributed by atoms with E-state index < -0.39 is 12.0 Å². The summed E-state index contributed by atoms with van der Waals surface area (Å²) in [6, 6.07) is 13.7. The predicted octanol–water partition coefficient (Wildman–Crippen LogP) is 4.79. The largest absolute Gasteiger partial charge is 0.487 e. The maximum atomic E-state index is 11.6. The number of hydrogen-bond donors (Lipinski definition) is 1. The van der Waals surface area contributed by atoms with E-state index in [1.54, 1.807) is 0 Å². The van der Waals surface area contributed by atoms with E-state index in [4.69, 9.17) is 4.74 Å². The Labute approximate surface area is 170 Å². The Morgan fingerprint density at radius 2 is 2.00 bits per heavy atom. The maximum Gasteiger partial charge on any atom is 0.326 e. The summed E-state index contributed by atoms with van der Waals surface area (Å²) in [5, 5.41) is 10.6. The fourth-order valence-corrected chi connectivity index (χ4v) is 4.21. The van der Waals surface area contributed by atoms with Crippen LogP contribution in [0.4, 0.5) is 5.69 Å². The molecule has 0 saturated carbocycles. The van der Waals surface area contributed by atoms with Gasteiger partial charge in [-0.3, -0.25) is 0 Å². The van der Waals surface area contributed by atoms with E-state index >= 15 is 0 Å². The minimum atomic E-state index is -0.752. The highest BCUT2D eigenvalue weighted by Gasteiger charge is 2.31. The van der Waals surface area contributed by atoms with Gasteiger partial charge in [0, 0.05) is 23.3 Å². The SMILES string of the molecule is Cc1ccc2cccc(OCc3c(C)ccc(N4CCC[C@H]4C(=O)O)c3C)c2n1. The highest BCUT2D eigenvalue weighted by Crippen LogP contribution is 2.33. The summed E-state index contributed by atoms with van der Waals surface area (Å²) in [5.41, 5.74) is 6.14. The number of hydrogen-bond acceptors (Lipinski definition) is 4. The van der Waals surface area contributed by atoms with E-state index in [0.717, 1.165) is 57.7 Å². The van der Waals surface area contributed by atoms with Crippen LogP contribution in [0.25, 0.3) is 10.9 Å². The van der Waals surface area contributed by atoms with E-state index in [1.165, 1.54) is 0 Å². The lowest BCUT2D eigenvalue weighted by atomic mass is 10.0. The third kappa shape index (κ3) is 3.65. The van der Waals surface area contributed by atoms with Crippen LogP contribution in [0.5, 0.6) is 5.75 Å². The van der Waals surface area contributed by atoms with Crippen molar-refractivity contribution in [3.05, 3.63) is 64.8 Å².